The predicted molar refractivity (Wildman–Crippen MR) is 88.6 cm³/mol. The normalized spacial score (nSPS) is 11.0. The van der Waals surface area contributed by atoms with Gasteiger partial charge in [0.15, 0.2) is 15.6 Å². The summed E-state index contributed by atoms with van der Waals surface area (Å²) in [6.07, 6.45) is 0. The third-order valence-corrected chi connectivity index (χ3v) is 4.95. The molecule has 0 saturated carbocycles. The van der Waals surface area contributed by atoms with Crippen molar-refractivity contribution in [3.63, 3.8) is 0 Å². The van der Waals surface area contributed by atoms with Crippen LogP contribution < -0.4 is 5.32 Å². The molecule has 0 saturated heterocycles. The maximum absolute atomic E-state index is 12.1. The van der Waals surface area contributed by atoms with Crippen LogP contribution in [-0.4, -0.2) is 25.9 Å². The molecule has 2 aromatic rings. The number of carbonyl (C=O) groups is 2. The van der Waals surface area contributed by atoms with Crippen LogP contribution in [0.4, 0.5) is 5.69 Å². The zero-order valence-electron chi connectivity index (χ0n) is 12.2. The third-order valence-electron chi connectivity index (χ3n) is 3.07. The van der Waals surface area contributed by atoms with E-state index in [9.17, 15) is 18.0 Å². The van der Waals surface area contributed by atoms with Gasteiger partial charge in [-0.1, -0.05) is 11.6 Å². The molecule has 0 radical (unpaired) electrons. The quantitative estimate of drug-likeness (QED) is 0.840. The lowest BCUT2D eigenvalue weighted by Crippen LogP contribution is -2.23. The summed E-state index contributed by atoms with van der Waals surface area (Å²) in [6, 6.07) is 11.8. The van der Waals surface area contributed by atoms with E-state index in [1.165, 1.54) is 31.2 Å². The van der Waals surface area contributed by atoms with E-state index in [4.69, 9.17) is 11.6 Å². The first-order chi connectivity index (χ1) is 10.8. The molecule has 23 heavy (non-hydrogen) atoms. The van der Waals surface area contributed by atoms with Crippen LogP contribution in [0.2, 0.25) is 5.02 Å². The lowest BCUT2D eigenvalue weighted by molar-refractivity contribution is -0.113. The summed E-state index contributed by atoms with van der Waals surface area (Å²) >= 11 is 5.71. The fourth-order valence-corrected chi connectivity index (χ4v) is 3.14. The Balaban J connectivity index is 2.06. The van der Waals surface area contributed by atoms with E-state index in [0.717, 1.165) is 0 Å². The van der Waals surface area contributed by atoms with Crippen molar-refractivity contribution >= 4 is 38.8 Å². The van der Waals surface area contributed by atoms with Gasteiger partial charge in [-0.2, -0.15) is 0 Å². The van der Waals surface area contributed by atoms with Gasteiger partial charge in [-0.3, -0.25) is 9.59 Å². The van der Waals surface area contributed by atoms with E-state index in [0.29, 0.717) is 16.3 Å². The van der Waals surface area contributed by atoms with Crippen LogP contribution in [0.5, 0.6) is 0 Å². The van der Waals surface area contributed by atoms with E-state index >= 15 is 0 Å². The molecule has 0 unspecified atom stereocenters. The third kappa shape index (κ3) is 4.64. The minimum atomic E-state index is -3.74. The number of Topliss-reactive ketones (excluding diaryl/α,β-unsaturated/α-hetero) is 1. The van der Waals surface area contributed by atoms with Crippen LogP contribution in [0.15, 0.2) is 53.4 Å². The maximum atomic E-state index is 12.1. The Bertz CT molecular complexity index is 827. The standard InChI is InChI=1S/C16H14ClNO4S/c1-11(19)12-2-6-14(7-3-12)18-16(20)10-23(21,22)15-8-4-13(17)5-9-15/h2-9H,10H2,1H3,(H,18,20). The van der Waals surface area contributed by atoms with Crippen molar-refractivity contribution in [3.05, 3.63) is 59.1 Å². The number of anilines is 1. The molecule has 0 spiro atoms. The van der Waals surface area contributed by atoms with Crippen LogP contribution in [-0.2, 0) is 14.6 Å². The Labute approximate surface area is 139 Å². The van der Waals surface area contributed by atoms with Crippen molar-refractivity contribution < 1.29 is 18.0 Å². The second-order valence-corrected chi connectivity index (χ2v) is 7.32. The smallest absolute Gasteiger partial charge is 0.239 e. The molecule has 1 amide bonds. The summed E-state index contributed by atoms with van der Waals surface area (Å²) in [5, 5.41) is 2.91. The van der Waals surface area contributed by atoms with Gasteiger partial charge in [0.2, 0.25) is 5.91 Å². The number of halogens is 1. The first-order valence-electron chi connectivity index (χ1n) is 6.67. The first-order valence-corrected chi connectivity index (χ1v) is 8.70. The lowest BCUT2D eigenvalue weighted by atomic mass is 10.1. The van der Waals surface area contributed by atoms with Gasteiger partial charge in [0.1, 0.15) is 5.75 Å². The van der Waals surface area contributed by atoms with E-state index < -0.39 is 21.5 Å². The van der Waals surface area contributed by atoms with Crippen LogP contribution >= 0.6 is 11.6 Å². The zero-order valence-corrected chi connectivity index (χ0v) is 13.8. The fraction of sp³-hybridized carbons (Fsp3) is 0.125. The Hall–Kier alpha value is -2.18. The van der Waals surface area contributed by atoms with Crippen LogP contribution in [0.3, 0.4) is 0 Å². The van der Waals surface area contributed by atoms with Gasteiger partial charge in [0, 0.05) is 16.3 Å². The Morgan fingerprint density at radius 1 is 1.00 bits per heavy atom. The molecular weight excluding hydrogens is 338 g/mol. The lowest BCUT2D eigenvalue weighted by Gasteiger charge is -2.07. The molecule has 2 rings (SSSR count). The fourth-order valence-electron chi connectivity index (χ4n) is 1.88. The minimum absolute atomic E-state index is 0.0315. The molecule has 120 valence electrons. The SMILES string of the molecule is CC(=O)c1ccc(NC(=O)CS(=O)(=O)c2ccc(Cl)cc2)cc1. The zero-order chi connectivity index (χ0) is 17.0. The topological polar surface area (TPSA) is 80.3 Å². The predicted octanol–water partition coefficient (Wildman–Crippen LogP) is 2.96. The summed E-state index contributed by atoms with van der Waals surface area (Å²) in [5.74, 6) is -1.42. The number of sulfone groups is 1. The summed E-state index contributed by atoms with van der Waals surface area (Å²) in [4.78, 5) is 23.1. The molecule has 0 heterocycles. The molecular formula is C16H14ClNO4S. The van der Waals surface area contributed by atoms with Gasteiger partial charge in [-0.25, -0.2) is 8.42 Å². The highest BCUT2D eigenvalue weighted by Gasteiger charge is 2.19. The molecule has 5 nitrogen and oxygen atoms in total. The minimum Gasteiger partial charge on any atom is -0.325 e. The van der Waals surface area contributed by atoms with Crippen molar-refractivity contribution in [2.24, 2.45) is 0 Å². The van der Waals surface area contributed by atoms with Crippen molar-refractivity contribution in [1.29, 1.82) is 0 Å². The number of rotatable bonds is 5. The van der Waals surface area contributed by atoms with Crippen LogP contribution in [0.25, 0.3) is 0 Å². The van der Waals surface area contributed by atoms with Crippen molar-refractivity contribution in [1.82, 2.24) is 0 Å². The maximum Gasteiger partial charge on any atom is 0.239 e. The molecule has 1 N–H and O–H groups in total. The number of carbonyl (C=O) groups excluding carboxylic acids is 2. The summed E-state index contributed by atoms with van der Waals surface area (Å²) in [5.41, 5.74) is 0.933. The van der Waals surface area contributed by atoms with E-state index in [1.807, 2.05) is 0 Å². The molecule has 0 aliphatic heterocycles. The van der Waals surface area contributed by atoms with Gasteiger partial charge in [0.25, 0.3) is 0 Å². The van der Waals surface area contributed by atoms with Gasteiger partial charge in [-0.15, -0.1) is 0 Å². The number of hydrogen-bond donors (Lipinski definition) is 1. The van der Waals surface area contributed by atoms with Gasteiger partial charge >= 0.3 is 0 Å². The number of ketones is 1. The van der Waals surface area contributed by atoms with E-state index in [2.05, 4.69) is 5.32 Å². The van der Waals surface area contributed by atoms with Gasteiger partial charge in [0.05, 0.1) is 4.90 Å². The summed E-state index contributed by atoms with van der Waals surface area (Å²) in [7, 11) is -3.74. The van der Waals surface area contributed by atoms with Crippen molar-refractivity contribution in [2.45, 2.75) is 11.8 Å². The molecule has 2 aromatic carbocycles. The Morgan fingerprint density at radius 2 is 1.57 bits per heavy atom. The molecule has 7 heteroatoms. The molecule has 0 aliphatic rings. The van der Waals surface area contributed by atoms with Gasteiger partial charge < -0.3 is 5.32 Å². The van der Waals surface area contributed by atoms with Crippen molar-refractivity contribution in [2.75, 3.05) is 11.1 Å². The highest BCUT2D eigenvalue weighted by Crippen LogP contribution is 2.16. The van der Waals surface area contributed by atoms with Crippen LogP contribution in [0.1, 0.15) is 17.3 Å². The second-order valence-electron chi connectivity index (χ2n) is 4.89. The average molecular weight is 352 g/mol. The molecule has 0 fully saturated rings. The highest BCUT2D eigenvalue weighted by atomic mass is 35.5. The second kappa shape index (κ2) is 6.93. The number of hydrogen-bond acceptors (Lipinski definition) is 4. The molecule has 0 aliphatic carbocycles. The molecule has 0 atom stereocenters. The monoisotopic (exact) mass is 351 g/mol. The molecule has 0 bridgehead atoms. The number of amides is 1. The van der Waals surface area contributed by atoms with Crippen molar-refractivity contribution in [3.8, 4) is 0 Å². The number of nitrogens with one attached hydrogen (secondary N) is 1. The van der Waals surface area contributed by atoms with Gasteiger partial charge in [-0.05, 0) is 55.5 Å². The summed E-state index contributed by atoms with van der Waals surface area (Å²) in [6.45, 7) is 1.44. The Morgan fingerprint density at radius 3 is 2.09 bits per heavy atom. The average Bonchev–Trinajstić information content (AvgIpc) is 2.47. The first kappa shape index (κ1) is 17.2. The molecule has 0 aromatic heterocycles. The van der Waals surface area contributed by atoms with E-state index in [-0.39, 0.29) is 10.7 Å². The van der Waals surface area contributed by atoms with E-state index in [1.54, 1.807) is 24.3 Å². The Kier molecular flexibility index (Phi) is 5.18. The summed E-state index contributed by atoms with van der Waals surface area (Å²) < 4.78 is 24.3. The van der Waals surface area contributed by atoms with Crippen LogP contribution in [0, 0.1) is 0 Å². The number of benzene rings is 2. The largest absolute Gasteiger partial charge is 0.325 e. The highest BCUT2D eigenvalue weighted by molar-refractivity contribution is 7.92.